The second-order valence-corrected chi connectivity index (χ2v) is 14.8. The van der Waals surface area contributed by atoms with Gasteiger partial charge in [-0.05, 0) is 12.8 Å². The van der Waals surface area contributed by atoms with Gasteiger partial charge in [-0.25, -0.2) is 0 Å². The van der Waals surface area contributed by atoms with Crippen LogP contribution in [0, 0.1) is 0 Å². The average molecular weight is 727 g/mol. The van der Waals surface area contributed by atoms with Gasteiger partial charge in [0, 0.05) is 23.6 Å². The number of aryl methyl sites for hydroxylation is 2. The van der Waals surface area contributed by atoms with Crippen LogP contribution in [0.2, 0.25) is 30.1 Å². The molecule has 42 heavy (non-hydrogen) atoms. The third kappa shape index (κ3) is 8.04. The van der Waals surface area contributed by atoms with Crippen LogP contribution < -0.4 is 0 Å². The third-order valence-corrected chi connectivity index (χ3v) is 11.7. The summed E-state index contributed by atoms with van der Waals surface area (Å²) in [7, 11) is 0. The molecule has 2 aromatic heterocycles. The maximum Gasteiger partial charge on any atom is 0.150 e. The molecule has 0 bridgehead atoms. The Morgan fingerprint density at radius 3 is 1.19 bits per heavy atom. The average Bonchev–Trinajstić information content (AvgIpc) is 3.63. The number of hydrogen-bond donors (Lipinski definition) is 0. The van der Waals surface area contributed by atoms with Crippen molar-refractivity contribution in [3.63, 3.8) is 0 Å². The highest BCUT2D eigenvalue weighted by Gasteiger charge is 2.29. The van der Waals surface area contributed by atoms with Gasteiger partial charge in [0.2, 0.25) is 0 Å². The van der Waals surface area contributed by atoms with E-state index in [0.29, 0.717) is 42.0 Å². The zero-order valence-corrected chi connectivity index (χ0v) is 29.9. The number of rotatable bonds is 16. The molecular formula is C30H34Cl6N4S2. The molecule has 4 aromatic rings. The Morgan fingerprint density at radius 1 is 0.429 bits per heavy atom. The number of nitrogens with zero attached hydrogens (tertiary/aromatic N) is 4. The predicted molar refractivity (Wildman–Crippen MR) is 186 cm³/mol. The Morgan fingerprint density at radius 2 is 0.786 bits per heavy atom. The lowest BCUT2D eigenvalue weighted by atomic mass is 10.0. The largest absolute Gasteiger partial charge is 0.150 e. The van der Waals surface area contributed by atoms with Crippen LogP contribution in [0.25, 0.3) is 31.9 Å². The number of unbranched alkanes of at least 4 members (excludes halogenated alkanes) is 10. The van der Waals surface area contributed by atoms with Gasteiger partial charge in [0.05, 0.1) is 41.3 Å². The van der Waals surface area contributed by atoms with E-state index in [-0.39, 0.29) is 20.1 Å². The van der Waals surface area contributed by atoms with Crippen LogP contribution in [0.4, 0.5) is 0 Å². The van der Waals surface area contributed by atoms with Crippen molar-refractivity contribution in [3.05, 3.63) is 40.2 Å². The molecule has 4 nitrogen and oxygen atoms in total. The van der Waals surface area contributed by atoms with Crippen molar-refractivity contribution in [2.24, 2.45) is 0 Å². The van der Waals surface area contributed by atoms with Gasteiger partial charge in [-0.1, -0.05) is 170 Å². The summed E-state index contributed by atoms with van der Waals surface area (Å²) in [6, 6.07) is 0. The highest BCUT2D eigenvalue weighted by molar-refractivity contribution is 7.15. The van der Waals surface area contributed by atoms with Crippen LogP contribution in [-0.4, -0.2) is 20.4 Å². The van der Waals surface area contributed by atoms with Crippen molar-refractivity contribution >= 4 is 103 Å². The Balaban J connectivity index is 1.64. The molecule has 2 aromatic carbocycles. The monoisotopic (exact) mass is 724 g/mol. The minimum atomic E-state index is 0.208. The molecule has 12 heteroatoms. The van der Waals surface area contributed by atoms with Gasteiger partial charge in [0.1, 0.15) is 10.0 Å². The highest BCUT2D eigenvalue weighted by Crippen LogP contribution is 2.54. The van der Waals surface area contributed by atoms with E-state index in [1.54, 1.807) is 0 Å². The van der Waals surface area contributed by atoms with Crippen LogP contribution in [0.3, 0.4) is 0 Å². The molecule has 0 aliphatic heterocycles. The highest BCUT2D eigenvalue weighted by atomic mass is 35.5. The van der Waals surface area contributed by atoms with E-state index in [0.717, 1.165) is 35.7 Å². The van der Waals surface area contributed by atoms with Gasteiger partial charge < -0.3 is 0 Å². The van der Waals surface area contributed by atoms with Crippen molar-refractivity contribution in [2.75, 3.05) is 0 Å². The molecule has 0 fully saturated rings. The SMILES string of the molecule is CCCCCCCCc1nnc(-c2c(Cl)c(Cl)c3c(Cl)c(Cl)c(-c4nnc(CCCCCCCC)s4)c(Cl)c3c2Cl)s1. The molecule has 0 atom stereocenters. The maximum absolute atomic E-state index is 7.03. The van der Waals surface area contributed by atoms with E-state index in [2.05, 4.69) is 34.2 Å². The Bertz CT molecular complexity index is 1400. The van der Waals surface area contributed by atoms with E-state index >= 15 is 0 Å². The van der Waals surface area contributed by atoms with E-state index in [4.69, 9.17) is 69.6 Å². The fourth-order valence-electron chi connectivity index (χ4n) is 4.91. The first-order chi connectivity index (χ1) is 20.3. The minimum Gasteiger partial charge on any atom is -0.143 e. The van der Waals surface area contributed by atoms with Crippen molar-refractivity contribution in [3.8, 4) is 21.1 Å². The second kappa shape index (κ2) is 16.7. The number of hydrogen-bond acceptors (Lipinski definition) is 6. The first-order valence-electron chi connectivity index (χ1n) is 14.6. The van der Waals surface area contributed by atoms with Crippen molar-refractivity contribution in [1.29, 1.82) is 0 Å². The number of aromatic nitrogens is 4. The first kappa shape index (κ1) is 34.4. The summed E-state index contributed by atoms with van der Waals surface area (Å²) < 4.78 is 0. The lowest BCUT2D eigenvalue weighted by molar-refractivity contribution is 0.606. The van der Waals surface area contributed by atoms with Crippen LogP contribution in [0.15, 0.2) is 0 Å². The number of halogens is 6. The van der Waals surface area contributed by atoms with Crippen LogP contribution in [0.5, 0.6) is 0 Å². The van der Waals surface area contributed by atoms with Gasteiger partial charge in [-0.15, -0.1) is 20.4 Å². The topological polar surface area (TPSA) is 51.6 Å². The summed E-state index contributed by atoms with van der Waals surface area (Å²) in [5.74, 6) is 0. The lowest BCUT2D eigenvalue weighted by Gasteiger charge is -2.17. The maximum atomic E-state index is 7.03. The minimum absolute atomic E-state index is 0.208. The lowest BCUT2D eigenvalue weighted by Crippen LogP contribution is -1.92. The van der Waals surface area contributed by atoms with Crippen molar-refractivity contribution in [1.82, 2.24) is 20.4 Å². The van der Waals surface area contributed by atoms with Crippen LogP contribution >= 0.6 is 92.3 Å². The molecule has 0 N–H and O–H groups in total. The third-order valence-electron chi connectivity index (χ3n) is 7.24. The zero-order chi connectivity index (χ0) is 30.2. The molecule has 0 aliphatic rings. The van der Waals surface area contributed by atoms with Gasteiger partial charge in [-0.2, -0.15) is 0 Å². The Kier molecular flexibility index (Phi) is 13.7. The molecule has 0 saturated heterocycles. The van der Waals surface area contributed by atoms with E-state index in [9.17, 15) is 0 Å². The standard InChI is InChI=1S/C30H34Cl6N4S2/c1-3-5-7-9-11-13-15-17-37-39-29(41-17)21-23(31)19-20(25(33)27(21)35)26(34)28(36)22(24(19)32)30-40-38-18(42-30)16-14-12-10-8-6-4-2/h3-16H2,1-2H3. The summed E-state index contributed by atoms with van der Waals surface area (Å²) in [4.78, 5) is 0. The molecule has 2 heterocycles. The van der Waals surface area contributed by atoms with Gasteiger partial charge in [0.25, 0.3) is 0 Å². The molecular weight excluding hydrogens is 693 g/mol. The Labute approximate surface area is 286 Å². The van der Waals surface area contributed by atoms with Crippen LogP contribution in [0.1, 0.15) is 101 Å². The summed E-state index contributed by atoms with van der Waals surface area (Å²) in [6.45, 7) is 4.44. The number of fused-ring (bicyclic) bond motifs is 1. The summed E-state index contributed by atoms with van der Waals surface area (Å²) in [5.41, 5.74) is 0.963. The molecule has 0 amide bonds. The quantitative estimate of drug-likeness (QED) is 0.0852. The fraction of sp³-hybridized carbons (Fsp3) is 0.533. The Hall–Kier alpha value is -0.440. The molecule has 0 radical (unpaired) electrons. The summed E-state index contributed by atoms with van der Waals surface area (Å²) in [6.07, 6.45) is 16.2. The van der Waals surface area contributed by atoms with Crippen molar-refractivity contribution in [2.45, 2.75) is 104 Å². The van der Waals surface area contributed by atoms with Crippen LogP contribution in [-0.2, 0) is 12.8 Å². The second-order valence-electron chi connectivity index (χ2n) is 10.4. The molecule has 0 aliphatic carbocycles. The number of benzene rings is 2. The molecule has 228 valence electrons. The first-order valence-corrected chi connectivity index (χ1v) is 18.5. The van der Waals surface area contributed by atoms with E-state index < -0.39 is 0 Å². The molecule has 4 rings (SSSR count). The fourth-order valence-corrected chi connectivity index (χ4v) is 9.08. The van der Waals surface area contributed by atoms with E-state index in [1.807, 2.05) is 0 Å². The molecule has 0 saturated carbocycles. The molecule has 0 spiro atoms. The normalized spacial score (nSPS) is 11.7. The van der Waals surface area contributed by atoms with Gasteiger partial charge >= 0.3 is 0 Å². The van der Waals surface area contributed by atoms with Gasteiger partial charge in [-0.3, -0.25) is 0 Å². The smallest absolute Gasteiger partial charge is 0.143 e. The summed E-state index contributed by atoms with van der Waals surface area (Å²) in [5, 5.41) is 22.9. The summed E-state index contributed by atoms with van der Waals surface area (Å²) >= 11 is 44.1. The van der Waals surface area contributed by atoms with Gasteiger partial charge in [0.15, 0.2) is 10.0 Å². The van der Waals surface area contributed by atoms with Crippen molar-refractivity contribution < 1.29 is 0 Å². The molecule has 0 unspecified atom stereocenters. The van der Waals surface area contributed by atoms with E-state index in [1.165, 1.54) is 86.9 Å². The zero-order valence-electron chi connectivity index (χ0n) is 23.8. The predicted octanol–water partition coefficient (Wildman–Crippen LogP) is 13.6.